The van der Waals surface area contributed by atoms with E-state index >= 15 is 0 Å². The minimum Gasteiger partial charge on any atom is -0.346 e. The van der Waals surface area contributed by atoms with Gasteiger partial charge >= 0.3 is 0 Å². The molecule has 0 saturated carbocycles. The Hall–Kier alpha value is -1.91. The van der Waals surface area contributed by atoms with Gasteiger partial charge in [-0.2, -0.15) is 0 Å². The van der Waals surface area contributed by atoms with Crippen LogP contribution >= 0.6 is 0 Å². The Labute approximate surface area is 124 Å². The van der Waals surface area contributed by atoms with Crippen molar-refractivity contribution >= 4 is 5.82 Å². The SMILES string of the molecule is Cc1cc(N2CCCC2c2nc3c([nH]2)CCCC3)ncn1. The summed E-state index contributed by atoms with van der Waals surface area (Å²) in [6, 6.07) is 2.41. The van der Waals surface area contributed by atoms with Crippen LogP contribution in [0.3, 0.4) is 0 Å². The van der Waals surface area contributed by atoms with Crippen molar-refractivity contribution in [3.05, 3.63) is 35.3 Å². The molecule has 4 rings (SSSR count). The van der Waals surface area contributed by atoms with E-state index in [0.717, 1.165) is 43.1 Å². The van der Waals surface area contributed by atoms with E-state index in [2.05, 4.69) is 25.9 Å². The first kappa shape index (κ1) is 12.8. The molecule has 21 heavy (non-hydrogen) atoms. The lowest BCUT2D eigenvalue weighted by Gasteiger charge is -2.24. The number of fused-ring (bicyclic) bond motifs is 1. The first-order valence-corrected chi connectivity index (χ1v) is 7.94. The fourth-order valence-corrected chi connectivity index (χ4v) is 3.56. The average molecular weight is 283 g/mol. The van der Waals surface area contributed by atoms with Crippen LogP contribution in [0.25, 0.3) is 0 Å². The fraction of sp³-hybridized carbons (Fsp3) is 0.562. The van der Waals surface area contributed by atoms with Crippen molar-refractivity contribution in [3.63, 3.8) is 0 Å². The van der Waals surface area contributed by atoms with Gasteiger partial charge in [0.25, 0.3) is 0 Å². The molecule has 0 aromatic carbocycles. The highest BCUT2D eigenvalue weighted by Gasteiger charge is 2.30. The molecule has 1 atom stereocenters. The highest BCUT2D eigenvalue weighted by molar-refractivity contribution is 5.42. The molecule has 2 aromatic rings. The van der Waals surface area contributed by atoms with Crippen molar-refractivity contribution < 1.29 is 0 Å². The van der Waals surface area contributed by atoms with Crippen LogP contribution in [0.1, 0.15) is 54.6 Å². The molecule has 0 radical (unpaired) electrons. The minimum atomic E-state index is 0.338. The maximum atomic E-state index is 4.89. The van der Waals surface area contributed by atoms with E-state index in [-0.39, 0.29) is 0 Å². The van der Waals surface area contributed by atoms with Crippen molar-refractivity contribution in [1.82, 2.24) is 19.9 Å². The lowest BCUT2D eigenvalue weighted by molar-refractivity contribution is 0.666. The van der Waals surface area contributed by atoms with Gasteiger partial charge in [-0.05, 0) is 45.4 Å². The smallest absolute Gasteiger partial charge is 0.132 e. The lowest BCUT2D eigenvalue weighted by Crippen LogP contribution is -2.24. The molecule has 1 N–H and O–H groups in total. The van der Waals surface area contributed by atoms with Crippen LogP contribution in [0.5, 0.6) is 0 Å². The van der Waals surface area contributed by atoms with Crippen LogP contribution in [0.2, 0.25) is 0 Å². The summed E-state index contributed by atoms with van der Waals surface area (Å²) in [6.45, 7) is 3.06. The van der Waals surface area contributed by atoms with E-state index in [0.29, 0.717) is 6.04 Å². The molecule has 1 aliphatic carbocycles. The topological polar surface area (TPSA) is 57.7 Å². The third-order valence-corrected chi connectivity index (χ3v) is 4.63. The van der Waals surface area contributed by atoms with Crippen molar-refractivity contribution in [1.29, 1.82) is 0 Å². The molecular weight excluding hydrogens is 262 g/mol. The van der Waals surface area contributed by atoms with E-state index in [1.54, 1.807) is 6.33 Å². The molecule has 5 nitrogen and oxygen atoms in total. The van der Waals surface area contributed by atoms with Crippen molar-refractivity contribution in [2.75, 3.05) is 11.4 Å². The molecule has 0 bridgehead atoms. The molecule has 5 heteroatoms. The largest absolute Gasteiger partial charge is 0.346 e. The number of rotatable bonds is 2. The standard InChI is InChI=1S/C16H21N5/c1-11-9-15(18-10-17-11)21-8-4-7-14(21)16-19-12-5-2-3-6-13(12)20-16/h9-10,14H,2-8H2,1H3,(H,19,20). The zero-order chi connectivity index (χ0) is 14.2. The summed E-state index contributed by atoms with van der Waals surface area (Å²) in [6.07, 6.45) is 8.85. The highest BCUT2D eigenvalue weighted by Crippen LogP contribution is 2.35. The predicted molar refractivity (Wildman–Crippen MR) is 81.3 cm³/mol. The van der Waals surface area contributed by atoms with Gasteiger partial charge in [-0.3, -0.25) is 0 Å². The van der Waals surface area contributed by atoms with Gasteiger partial charge in [0, 0.05) is 24.0 Å². The zero-order valence-electron chi connectivity index (χ0n) is 12.5. The Bertz CT molecular complexity index is 624. The summed E-state index contributed by atoms with van der Waals surface area (Å²) in [4.78, 5) is 19.5. The number of nitrogens with zero attached hydrogens (tertiary/aromatic N) is 4. The average Bonchev–Trinajstić information content (AvgIpc) is 3.13. The van der Waals surface area contributed by atoms with Crippen LogP contribution < -0.4 is 4.90 Å². The van der Waals surface area contributed by atoms with Gasteiger partial charge in [0.1, 0.15) is 18.0 Å². The molecule has 1 fully saturated rings. The number of nitrogens with one attached hydrogen (secondary N) is 1. The van der Waals surface area contributed by atoms with E-state index in [1.807, 2.05) is 6.92 Å². The molecule has 3 heterocycles. The molecule has 1 unspecified atom stereocenters. The van der Waals surface area contributed by atoms with Crippen LogP contribution in [0.4, 0.5) is 5.82 Å². The third kappa shape index (κ3) is 2.30. The van der Waals surface area contributed by atoms with Crippen LogP contribution in [0.15, 0.2) is 12.4 Å². The van der Waals surface area contributed by atoms with Gasteiger partial charge in [-0.25, -0.2) is 15.0 Å². The second-order valence-corrected chi connectivity index (χ2v) is 6.12. The molecule has 2 aromatic heterocycles. The third-order valence-electron chi connectivity index (χ3n) is 4.63. The van der Waals surface area contributed by atoms with E-state index in [1.165, 1.54) is 30.7 Å². The number of aromatic nitrogens is 4. The molecule has 110 valence electrons. The zero-order valence-corrected chi connectivity index (χ0v) is 12.5. The minimum absolute atomic E-state index is 0.338. The van der Waals surface area contributed by atoms with Crippen LogP contribution in [0, 0.1) is 6.92 Å². The van der Waals surface area contributed by atoms with Crippen molar-refractivity contribution in [2.24, 2.45) is 0 Å². The Kier molecular flexibility index (Phi) is 3.13. The summed E-state index contributed by atoms with van der Waals surface area (Å²) in [5.74, 6) is 2.16. The predicted octanol–water partition coefficient (Wildman–Crippen LogP) is 2.73. The second-order valence-electron chi connectivity index (χ2n) is 6.12. The highest BCUT2D eigenvalue weighted by atomic mass is 15.3. The number of H-pyrrole nitrogens is 1. The lowest BCUT2D eigenvalue weighted by atomic mass is 10.0. The number of imidazole rings is 1. The number of aryl methyl sites for hydroxylation is 3. The first-order chi connectivity index (χ1) is 10.3. The van der Waals surface area contributed by atoms with E-state index in [4.69, 9.17) is 4.98 Å². The normalized spacial score (nSPS) is 21.6. The Morgan fingerprint density at radius 3 is 2.95 bits per heavy atom. The fourth-order valence-electron chi connectivity index (χ4n) is 3.56. The van der Waals surface area contributed by atoms with Gasteiger partial charge < -0.3 is 9.88 Å². The first-order valence-electron chi connectivity index (χ1n) is 7.94. The number of aromatic amines is 1. The second kappa shape index (κ2) is 5.13. The summed E-state index contributed by atoms with van der Waals surface area (Å²) in [5.41, 5.74) is 3.67. The molecule has 2 aliphatic rings. The molecule has 1 saturated heterocycles. The number of anilines is 1. The summed E-state index contributed by atoms with van der Waals surface area (Å²) in [5, 5.41) is 0. The maximum absolute atomic E-state index is 4.89. The Morgan fingerprint density at radius 2 is 2.10 bits per heavy atom. The quantitative estimate of drug-likeness (QED) is 0.920. The van der Waals surface area contributed by atoms with Crippen LogP contribution in [-0.4, -0.2) is 26.5 Å². The van der Waals surface area contributed by atoms with E-state index in [9.17, 15) is 0 Å². The van der Waals surface area contributed by atoms with Crippen LogP contribution in [-0.2, 0) is 12.8 Å². The molecule has 0 amide bonds. The number of hydrogen-bond donors (Lipinski definition) is 1. The Balaban J connectivity index is 1.65. The van der Waals surface area contributed by atoms with Crippen molar-refractivity contribution in [3.8, 4) is 0 Å². The van der Waals surface area contributed by atoms with Crippen molar-refractivity contribution in [2.45, 2.75) is 51.5 Å². The van der Waals surface area contributed by atoms with Gasteiger partial charge in [-0.15, -0.1) is 0 Å². The monoisotopic (exact) mass is 283 g/mol. The maximum Gasteiger partial charge on any atom is 0.132 e. The van der Waals surface area contributed by atoms with Gasteiger partial charge in [0.2, 0.25) is 0 Å². The van der Waals surface area contributed by atoms with Gasteiger partial charge in [-0.1, -0.05) is 0 Å². The van der Waals surface area contributed by atoms with E-state index < -0.39 is 0 Å². The molecular formula is C16H21N5. The Morgan fingerprint density at radius 1 is 1.19 bits per heavy atom. The summed E-state index contributed by atoms with van der Waals surface area (Å²) in [7, 11) is 0. The summed E-state index contributed by atoms with van der Waals surface area (Å²) < 4.78 is 0. The molecule has 1 aliphatic heterocycles. The van der Waals surface area contributed by atoms with Gasteiger partial charge in [0.05, 0.1) is 11.7 Å². The van der Waals surface area contributed by atoms with Gasteiger partial charge in [0.15, 0.2) is 0 Å². The molecule has 0 spiro atoms. The number of hydrogen-bond acceptors (Lipinski definition) is 4. The summed E-state index contributed by atoms with van der Waals surface area (Å²) >= 11 is 0.